The number of carbonyl (C=O) groups is 1. The fraction of sp³-hybridized carbons (Fsp3) is 0.389. The van der Waals surface area contributed by atoms with Gasteiger partial charge in [0.25, 0.3) is 5.91 Å². The Morgan fingerprint density at radius 1 is 1.24 bits per heavy atom. The van der Waals surface area contributed by atoms with Crippen molar-refractivity contribution in [2.24, 2.45) is 0 Å². The van der Waals surface area contributed by atoms with Crippen LogP contribution in [-0.2, 0) is 11.3 Å². The van der Waals surface area contributed by atoms with Crippen molar-refractivity contribution in [1.29, 1.82) is 0 Å². The lowest BCUT2D eigenvalue weighted by Gasteiger charge is -2.26. The largest absolute Gasteiger partial charge is 0.497 e. The maximum absolute atomic E-state index is 12.6. The lowest BCUT2D eigenvalue weighted by molar-refractivity contribution is 0.0299. The number of methoxy groups -OCH3 is 1. The van der Waals surface area contributed by atoms with Gasteiger partial charge in [-0.3, -0.25) is 4.79 Å². The van der Waals surface area contributed by atoms with Crippen LogP contribution in [0.1, 0.15) is 21.7 Å². The summed E-state index contributed by atoms with van der Waals surface area (Å²) in [6.07, 6.45) is 0. The summed E-state index contributed by atoms with van der Waals surface area (Å²) in [5.74, 6) is 1.18. The van der Waals surface area contributed by atoms with Crippen LogP contribution >= 0.6 is 0 Å². The number of carbonyl (C=O) groups excluding carboxylic acids is 1. The molecule has 0 saturated carbocycles. The predicted molar refractivity (Wildman–Crippen MR) is 93.8 cm³/mol. The zero-order valence-electron chi connectivity index (χ0n) is 14.5. The second-order valence-corrected chi connectivity index (χ2v) is 5.82. The molecule has 0 radical (unpaired) electrons. The van der Waals surface area contributed by atoms with Crippen molar-refractivity contribution in [3.63, 3.8) is 0 Å². The van der Waals surface area contributed by atoms with Crippen LogP contribution in [0.4, 0.5) is 5.95 Å². The van der Waals surface area contributed by atoms with Crippen molar-refractivity contribution in [1.82, 2.24) is 14.9 Å². The molecule has 0 aliphatic carbocycles. The maximum Gasteiger partial charge on any atom is 0.272 e. The number of anilines is 1. The minimum absolute atomic E-state index is 0.0821. The number of hydrogen-bond acceptors (Lipinski definition) is 6. The minimum atomic E-state index is -0.0821. The van der Waals surface area contributed by atoms with Crippen molar-refractivity contribution < 1.29 is 14.3 Å². The fourth-order valence-electron chi connectivity index (χ4n) is 2.61. The van der Waals surface area contributed by atoms with E-state index in [4.69, 9.17) is 9.47 Å². The Labute approximate surface area is 147 Å². The Morgan fingerprint density at radius 2 is 1.96 bits per heavy atom. The zero-order valence-corrected chi connectivity index (χ0v) is 14.5. The highest BCUT2D eigenvalue weighted by Crippen LogP contribution is 2.13. The SMILES string of the molecule is COc1ccc(CNc2nc(C)cc(C(=O)N3CCOCC3)n2)cc1. The summed E-state index contributed by atoms with van der Waals surface area (Å²) in [6, 6.07) is 9.47. The molecule has 3 rings (SSSR count). The molecular weight excluding hydrogens is 320 g/mol. The van der Waals surface area contributed by atoms with E-state index in [1.165, 1.54) is 0 Å². The quantitative estimate of drug-likeness (QED) is 0.894. The Kier molecular flexibility index (Phi) is 5.45. The third-order valence-electron chi connectivity index (χ3n) is 3.98. The zero-order chi connectivity index (χ0) is 17.6. The number of nitrogens with one attached hydrogen (secondary N) is 1. The van der Waals surface area contributed by atoms with Crippen molar-refractivity contribution >= 4 is 11.9 Å². The van der Waals surface area contributed by atoms with Gasteiger partial charge >= 0.3 is 0 Å². The summed E-state index contributed by atoms with van der Waals surface area (Å²) in [5, 5.41) is 3.18. The third-order valence-corrected chi connectivity index (χ3v) is 3.98. The molecule has 1 fully saturated rings. The Hall–Kier alpha value is -2.67. The molecule has 1 aliphatic rings. The number of ether oxygens (including phenoxy) is 2. The number of aryl methyl sites for hydroxylation is 1. The Bertz CT molecular complexity index is 728. The summed E-state index contributed by atoms with van der Waals surface area (Å²) in [5.41, 5.74) is 2.24. The van der Waals surface area contributed by atoms with Crippen LogP contribution in [0.25, 0.3) is 0 Å². The molecule has 2 aromatic rings. The molecule has 25 heavy (non-hydrogen) atoms. The van der Waals surface area contributed by atoms with Gasteiger partial charge in [-0.2, -0.15) is 0 Å². The first-order chi connectivity index (χ1) is 12.2. The van der Waals surface area contributed by atoms with Gasteiger partial charge in [0.05, 0.1) is 20.3 Å². The van der Waals surface area contributed by atoms with E-state index in [9.17, 15) is 4.79 Å². The highest BCUT2D eigenvalue weighted by atomic mass is 16.5. The van der Waals surface area contributed by atoms with Crippen molar-refractivity contribution in [3.8, 4) is 5.75 Å². The van der Waals surface area contributed by atoms with E-state index >= 15 is 0 Å². The average molecular weight is 342 g/mol. The van der Waals surface area contributed by atoms with Crippen LogP contribution in [0.2, 0.25) is 0 Å². The van der Waals surface area contributed by atoms with Crippen LogP contribution in [0, 0.1) is 6.92 Å². The van der Waals surface area contributed by atoms with E-state index in [0.29, 0.717) is 44.5 Å². The molecule has 0 bridgehead atoms. The van der Waals surface area contributed by atoms with Gasteiger partial charge in [0.1, 0.15) is 11.4 Å². The van der Waals surface area contributed by atoms with Gasteiger partial charge in [0, 0.05) is 25.3 Å². The standard InChI is InChI=1S/C18H22N4O3/c1-13-11-16(17(23)22-7-9-25-10-8-22)21-18(20-13)19-12-14-3-5-15(24-2)6-4-14/h3-6,11H,7-10,12H2,1-2H3,(H,19,20,21). The first-order valence-electron chi connectivity index (χ1n) is 8.25. The van der Waals surface area contributed by atoms with Crippen molar-refractivity contribution in [3.05, 3.63) is 47.3 Å². The lowest BCUT2D eigenvalue weighted by atomic mass is 10.2. The second kappa shape index (κ2) is 7.94. The van der Waals surface area contributed by atoms with Gasteiger partial charge in [0.2, 0.25) is 5.95 Å². The van der Waals surface area contributed by atoms with E-state index in [0.717, 1.165) is 17.0 Å². The number of hydrogen-bond donors (Lipinski definition) is 1. The molecule has 7 heteroatoms. The smallest absolute Gasteiger partial charge is 0.272 e. The number of nitrogens with zero attached hydrogens (tertiary/aromatic N) is 3. The maximum atomic E-state index is 12.6. The van der Waals surface area contributed by atoms with E-state index in [2.05, 4.69) is 15.3 Å². The van der Waals surface area contributed by atoms with Gasteiger partial charge in [0.15, 0.2) is 0 Å². The van der Waals surface area contributed by atoms with Gasteiger partial charge in [-0.05, 0) is 30.7 Å². The molecule has 1 amide bonds. The van der Waals surface area contributed by atoms with Crippen LogP contribution in [0.15, 0.2) is 30.3 Å². The topological polar surface area (TPSA) is 76.6 Å². The normalized spacial score (nSPS) is 14.2. The van der Waals surface area contributed by atoms with Crippen LogP contribution in [-0.4, -0.2) is 54.2 Å². The van der Waals surface area contributed by atoms with Crippen LogP contribution in [0.5, 0.6) is 5.75 Å². The molecule has 1 aromatic carbocycles. The molecule has 0 spiro atoms. The predicted octanol–water partition coefficient (Wildman–Crippen LogP) is 1.88. The van der Waals surface area contributed by atoms with Crippen molar-refractivity contribution in [2.75, 3.05) is 38.7 Å². The molecule has 1 aliphatic heterocycles. The molecule has 1 saturated heterocycles. The molecular formula is C18H22N4O3. The van der Waals surface area contributed by atoms with Crippen LogP contribution in [0.3, 0.4) is 0 Å². The summed E-state index contributed by atoms with van der Waals surface area (Å²) >= 11 is 0. The van der Waals surface area contributed by atoms with Crippen molar-refractivity contribution in [2.45, 2.75) is 13.5 Å². The molecule has 1 N–H and O–H groups in total. The minimum Gasteiger partial charge on any atom is -0.497 e. The number of morpholine rings is 1. The van der Waals surface area contributed by atoms with E-state index in [1.807, 2.05) is 31.2 Å². The average Bonchev–Trinajstić information content (AvgIpc) is 2.66. The number of amides is 1. The Morgan fingerprint density at radius 3 is 2.64 bits per heavy atom. The summed E-state index contributed by atoms with van der Waals surface area (Å²) in [6.45, 7) is 4.75. The molecule has 0 unspecified atom stereocenters. The number of benzene rings is 1. The third kappa shape index (κ3) is 4.45. The van der Waals surface area contributed by atoms with E-state index < -0.39 is 0 Å². The molecule has 1 aromatic heterocycles. The summed E-state index contributed by atoms with van der Waals surface area (Å²) in [4.78, 5) is 23.1. The van der Waals surface area contributed by atoms with Gasteiger partial charge in [-0.15, -0.1) is 0 Å². The van der Waals surface area contributed by atoms with Gasteiger partial charge in [-0.1, -0.05) is 12.1 Å². The second-order valence-electron chi connectivity index (χ2n) is 5.82. The molecule has 2 heterocycles. The number of aromatic nitrogens is 2. The highest BCUT2D eigenvalue weighted by Gasteiger charge is 2.20. The lowest BCUT2D eigenvalue weighted by Crippen LogP contribution is -2.41. The van der Waals surface area contributed by atoms with Gasteiger partial charge < -0.3 is 19.7 Å². The Balaban J connectivity index is 1.68. The molecule has 7 nitrogen and oxygen atoms in total. The van der Waals surface area contributed by atoms with Crippen LogP contribution < -0.4 is 10.1 Å². The fourth-order valence-corrected chi connectivity index (χ4v) is 2.61. The highest BCUT2D eigenvalue weighted by molar-refractivity contribution is 5.92. The first kappa shape index (κ1) is 17.2. The summed E-state index contributed by atoms with van der Waals surface area (Å²) in [7, 11) is 1.64. The molecule has 132 valence electrons. The molecule has 0 atom stereocenters. The summed E-state index contributed by atoms with van der Waals surface area (Å²) < 4.78 is 10.4. The monoisotopic (exact) mass is 342 g/mol. The van der Waals surface area contributed by atoms with E-state index in [1.54, 1.807) is 18.1 Å². The first-order valence-corrected chi connectivity index (χ1v) is 8.25. The van der Waals surface area contributed by atoms with E-state index in [-0.39, 0.29) is 5.91 Å². The number of rotatable bonds is 5. The van der Waals surface area contributed by atoms with Gasteiger partial charge in [-0.25, -0.2) is 9.97 Å².